The van der Waals surface area contributed by atoms with Gasteiger partial charge in [0.1, 0.15) is 36.6 Å². The smallest absolute Gasteiger partial charge is 0.234 e. The van der Waals surface area contributed by atoms with Crippen LogP contribution in [-0.4, -0.2) is 163 Å². The predicted molar refractivity (Wildman–Crippen MR) is 161 cm³/mol. The van der Waals surface area contributed by atoms with Gasteiger partial charge in [-0.15, -0.1) is 0 Å². The highest BCUT2D eigenvalue weighted by Gasteiger charge is 2.34. The van der Waals surface area contributed by atoms with E-state index < -0.39 is 74.0 Å². The summed E-state index contributed by atoms with van der Waals surface area (Å²) < 4.78 is 0. The molecule has 15 nitrogen and oxygen atoms in total. The van der Waals surface area contributed by atoms with Gasteiger partial charge in [0.15, 0.2) is 0 Å². The van der Waals surface area contributed by atoms with Crippen molar-refractivity contribution in [2.45, 2.75) is 93.4 Å². The van der Waals surface area contributed by atoms with E-state index in [-0.39, 0.29) is 26.2 Å². The van der Waals surface area contributed by atoms with Gasteiger partial charge in [-0.1, -0.05) is 24.3 Å². The van der Waals surface area contributed by atoms with Crippen molar-refractivity contribution in [3.05, 3.63) is 35.4 Å². The molecule has 0 aliphatic carbocycles. The molecular formula is C29H54N4O11. The Morgan fingerprint density at radius 1 is 0.705 bits per heavy atom. The van der Waals surface area contributed by atoms with Gasteiger partial charge in [-0.2, -0.15) is 0 Å². The summed E-state index contributed by atoms with van der Waals surface area (Å²) in [5.74, 6) is -0.537. The predicted octanol–water partition coefficient (Wildman–Crippen LogP) is -5.09. The highest BCUT2D eigenvalue weighted by Crippen LogP contribution is 2.13. The summed E-state index contributed by atoms with van der Waals surface area (Å²) in [6.45, 7) is -1.42. The van der Waals surface area contributed by atoms with Gasteiger partial charge >= 0.3 is 0 Å². The van der Waals surface area contributed by atoms with Gasteiger partial charge in [0.05, 0.1) is 31.5 Å². The van der Waals surface area contributed by atoms with Crippen molar-refractivity contribution >= 4 is 5.91 Å². The summed E-state index contributed by atoms with van der Waals surface area (Å²) in [6, 6.07) is 7.49. The van der Waals surface area contributed by atoms with E-state index in [1.807, 2.05) is 12.1 Å². The van der Waals surface area contributed by atoms with Crippen molar-refractivity contribution in [3.8, 4) is 0 Å². The van der Waals surface area contributed by atoms with Crippen molar-refractivity contribution in [3.63, 3.8) is 0 Å². The number of rotatable bonds is 25. The topological polar surface area (TPSA) is 287 Å². The lowest BCUT2D eigenvalue weighted by Gasteiger charge is -2.33. The maximum Gasteiger partial charge on any atom is 0.234 e. The number of primary amides is 1. The van der Waals surface area contributed by atoms with Gasteiger partial charge in [0, 0.05) is 13.1 Å². The summed E-state index contributed by atoms with van der Waals surface area (Å²) in [5.41, 5.74) is 13.4. The molecule has 0 spiro atoms. The van der Waals surface area contributed by atoms with Crippen LogP contribution in [0.15, 0.2) is 24.3 Å². The molecule has 0 fully saturated rings. The first-order chi connectivity index (χ1) is 20.9. The average molecular weight is 635 g/mol. The summed E-state index contributed by atoms with van der Waals surface area (Å²) >= 11 is 0. The number of hydrogen-bond donors (Lipinski definition) is 13. The molecule has 0 aliphatic heterocycles. The third kappa shape index (κ3) is 14.5. The monoisotopic (exact) mass is 634 g/mol. The average Bonchev–Trinajstić information content (AvgIpc) is 3.02. The van der Waals surface area contributed by atoms with Crippen LogP contribution in [0.1, 0.15) is 36.8 Å². The minimum absolute atomic E-state index is 0.120. The van der Waals surface area contributed by atoms with E-state index in [0.29, 0.717) is 25.8 Å². The Hall–Kier alpha value is -1.83. The highest BCUT2D eigenvalue weighted by atomic mass is 16.4. The minimum Gasteiger partial charge on any atom is -0.394 e. The van der Waals surface area contributed by atoms with Gasteiger partial charge in [0.25, 0.3) is 0 Å². The van der Waals surface area contributed by atoms with Crippen LogP contribution < -0.4 is 16.8 Å². The zero-order chi connectivity index (χ0) is 33.2. The van der Waals surface area contributed by atoms with Crippen LogP contribution >= 0.6 is 0 Å². The lowest BCUT2D eigenvalue weighted by atomic mass is 10.0. The lowest BCUT2D eigenvalue weighted by molar-refractivity contribution is -0.130. The van der Waals surface area contributed by atoms with Gasteiger partial charge in [0.2, 0.25) is 5.91 Å². The maximum atomic E-state index is 12.1. The number of hydrogen-bond acceptors (Lipinski definition) is 14. The number of unbranched alkanes of at least 4 members (excludes halogenated alkanes) is 1. The van der Waals surface area contributed by atoms with Crippen molar-refractivity contribution in [2.24, 2.45) is 11.5 Å². The van der Waals surface area contributed by atoms with E-state index in [1.165, 1.54) is 10.5 Å². The molecule has 1 aromatic rings. The molecule has 1 amide bonds. The lowest BCUT2D eigenvalue weighted by Crippen LogP contribution is -2.53. The highest BCUT2D eigenvalue weighted by molar-refractivity contribution is 5.79. The molecule has 0 saturated carbocycles. The third-order valence-corrected chi connectivity index (χ3v) is 7.59. The Morgan fingerprint density at radius 3 is 1.59 bits per heavy atom. The van der Waals surface area contributed by atoms with E-state index in [4.69, 9.17) is 21.7 Å². The second-order valence-electron chi connectivity index (χ2n) is 11.2. The fourth-order valence-electron chi connectivity index (χ4n) is 4.71. The molecular weight excluding hydrogens is 580 g/mol. The van der Waals surface area contributed by atoms with Crippen LogP contribution in [-0.2, 0) is 17.6 Å². The quantitative estimate of drug-likeness (QED) is 0.0448. The van der Waals surface area contributed by atoms with E-state index in [1.54, 1.807) is 0 Å². The molecule has 9 unspecified atom stereocenters. The first-order valence-corrected chi connectivity index (χ1v) is 15.0. The standard InChI is InChI=1S/C29H54N4O11/c30-11-2-1-4-18-5-7-19(8-6-18)9-10-20(29(31)44)32-12-3-13-33(14-21(36)25(40)27(42)23(38)16-34)15-22(37)26(41)28(43)24(39)17-35/h5-8,20-28,32,34-43H,1-4,9-17,30H2,(H2,31,44). The minimum atomic E-state index is -1.88. The maximum absolute atomic E-state index is 12.1. The number of aliphatic hydroxyl groups excluding tert-OH is 10. The number of carbonyl (C=O) groups is 1. The number of nitrogens with zero attached hydrogens (tertiary/aromatic N) is 1. The van der Waals surface area contributed by atoms with Crippen LogP contribution in [0.5, 0.6) is 0 Å². The van der Waals surface area contributed by atoms with Crippen molar-refractivity contribution < 1.29 is 55.9 Å². The van der Waals surface area contributed by atoms with Gasteiger partial charge < -0.3 is 67.8 Å². The molecule has 0 aromatic heterocycles. The van der Waals surface area contributed by atoms with E-state index in [9.17, 15) is 45.6 Å². The van der Waals surface area contributed by atoms with Crippen molar-refractivity contribution in [1.29, 1.82) is 0 Å². The molecule has 44 heavy (non-hydrogen) atoms. The molecule has 0 aliphatic rings. The molecule has 1 rings (SSSR count). The molecule has 15 N–H and O–H groups in total. The largest absolute Gasteiger partial charge is 0.394 e. The molecule has 0 bridgehead atoms. The van der Waals surface area contributed by atoms with Gasteiger partial charge in [-0.3, -0.25) is 9.69 Å². The van der Waals surface area contributed by atoms with Crippen LogP contribution in [0.3, 0.4) is 0 Å². The van der Waals surface area contributed by atoms with Gasteiger partial charge in [-0.05, 0) is 69.3 Å². The van der Waals surface area contributed by atoms with E-state index in [2.05, 4.69) is 17.4 Å². The van der Waals surface area contributed by atoms with Crippen LogP contribution in [0, 0.1) is 0 Å². The van der Waals surface area contributed by atoms with Gasteiger partial charge in [-0.25, -0.2) is 0 Å². The number of amides is 1. The number of aryl methyl sites for hydroxylation is 2. The zero-order valence-corrected chi connectivity index (χ0v) is 25.2. The molecule has 0 radical (unpaired) electrons. The Balaban J connectivity index is 2.77. The summed E-state index contributed by atoms with van der Waals surface area (Å²) in [5, 5.41) is 102. The molecule has 256 valence electrons. The zero-order valence-electron chi connectivity index (χ0n) is 25.2. The second kappa shape index (κ2) is 21.8. The Kier molecular flexibility index (Phi) is 19.9. The molecule has 0 saturated heterocycles. The molecule has 15 heteroatoms. The third-order valence-electron chi connectivity index (χ3n) is 7.59. The SMILES string of the molecule is NCCCCc1ccc(CCC(NCCCN(CC(O)C(O)C(O)C(O)CO)CC(O)C(O)C(O)C(O)CO)C(N)=O)cc1. The first kappa shape index (κ1) is 40.2. The second-order valence-corrected chi connectivity index (χ2v) is 11.2. The fourth-order valence-corrected chi connectivity index (χ4v) is 4.71. The van der Waals surface area contributed by atoms with Crippen LogP contribution in [0.4, 0.5) is 0 Å². The molecule has 0 heterocycles. The Bertz CT molecular complexity index is 871. The van der Waals surface area contributed by atoms with Crippen molar-refractivity contribution in [1.82, 2.24) is 10.2 Å². The van der Waals surface area contributed by atoms with Crippen LogP contribution in [0.25, 0.3) is 0 Å². The number of benzene rings is 1. The number of aliphatic hydroxyl groups is 10. The normalized spacial score (nSPS) is 18.3. The molecule has 9 atom stereocenters. The number of nitrogens with one attached hydrogen (secondary N) is 1. The van der Waals surface area contributed by atoms with E-state index >= 15 is 0 Å². The summed E-state index contributed by atoms with van der Waals surface area (Å²) in [4.78, 5) is 13.5. The first-order valence-electron chi connectivity index (χ1n) is 15.0. The Labute approximate surface area is 258 Å². The molecule has 1 aromatic carbocycles. The number of carbonyl (C=O) groups excluding carboxylic acids is 1. The number of nitrogens with two attached hydrogens (primary N) is 2. The van der Waals surface area contributed by atoms with E-state index in [0.717, 1.165) is 24.8 Å². The summed E-state index contributed by atoms with van der Waals surface area (Å²) in [7, 11) is 0. The fraction of sp³-hybridized carbons (Fsp3) is 0.759. The van der Waals surface area contributed by atoms with Crippen molar-refractivity contribution in [2.75, 3.05) is 45.9 Å². The van der Waals surface area contributed by atoms with Crippen LogP contribution in [0.2, 0.25) is 0 Å². The summed E-state index contributed by atoms with van der Waals surface area (Å²) in [6.07, 6.45) is -9.96. The Morgan fingerprint density at radius 2 is 1.16 bits per heavy atom.